The minimum absolute atomic E-state index is 0.0735. The number of esters is 1. The fourth-order valence-electron chi connectivity index (χ4n) is 5.09. The minimum atomic E-state index is -0.0735. The zero-order chi connectivity index (χ0) is 28.0. The second-order valence-electron chi connectivity index (χ2n) is 11.7. The van der Waals surface area contributed by atoms with Gasteiger partial charge in [-0.15, -0.1) is 0 Å². The van der Waals surface area contributed by atoms with E-state index in [-0.39, 0.29) is 5.97 Å². The molecule has 0 saturated heterocycles. The predicted molar refractivity (Wildman–Crippen MR) is 164 cm³/mol. The number of benzene rings is 2. The lowest BCUT2D eigenvalue weighted by Crippen LogP contribution is -2.39. The molecule has 2 rings (SSSR count). The smallest absolute Gasteiger partial charge is 0.305 e. The van der Waals surface area contributed by atoms with E-state index in [4.69, 9.17) is 9.47 Å². The molecule has 0 heterocycles. The van der Waals surface area contributed by atoms with Crippen molar-refractivity contribution in [3.63, 3.8) is 0 Å². The lowest BCUT2D eigenvalue weighted by Gasteiger charge is -2.30. The van der Waals surface area contributed by atoms with Crippen LogP contribution in [-0.4, -0.2) is 44.3 Å². The van der Waals surface area contributed by atoms with Gasteiger partial charge >= 0.3 is 5.97 Å². The highest BCUT2D eigenvalue weighted by Crippen LogP contribution is 2.21. The van der Waals surface area contributed by atoms with Crippen molar-refractivity contribution < 1.29 is 18.8 Å². The highest BCUT2D eigenvalue weighted by molar-refractivity contribution is 5.69. The third-order valence-corrected chi connectivity index (χ3v) is 7.43. The van der Waals surface area contributed by atoms with Gasteiger partial charge < -0.3 is 14.0 Å². The first-order valence-electron chi connectivity index (χ1n) is 15.7. The highest BCUT2D eigenvalue weighted by atomic mass is 16.5. The molecule has 0 aliphatic heterocycles. The van der Waals surface area contributed by atoms with Gasteiger partial charge in [0.2, 0.25) is 0 Å². The second-order valence-corrected chi connectivity index (χ2v) is 11.7. The largest absolute Gasteiger partial charge is 0.493 e. The molecule has 0 atom stereocenters. The molecule has 0 N–H and O–H groups in total. The van der Waals surface area contributed by atoms with Crippen LogP contribution < -0.4 is 4.74 Å². The maximum absolute atomic E-state index is 12.1. The molecule has 0 unspecified atom stereocenters. The summed E-state index contributed by atoms with van der Waals surface area (Å²) in [6, 6.07) is 19.1. The zero-order valence-electron chi connectivity index (χ0n) is 25.3. The van der Waals surface area contributed by atoms with E-state index in [1.165, 1.54) is 68.9 Å². The summed E-state index contributed by atoms with van der Waals surface area (Å²) >= 11 is 0. The number of carbonyl (C=O) groups is 1. The number of hydrogen-bond acceptors (Lipinski definition) is 3. The van der Waals surface area contributed by atoms with Crippen LogP contribution >= 0.6 is 0 Å². The molecule has 0 amide bonds. The maximum Gasteiger partial charge on any atom is 0.305 e. The van der Waals surface area contributed by atoms with Crippen molar-refractivity contribution in [1.29, 1.82) is 0 Å². The summed E-state index contributed by atoms with van der Waals surface area (Å²) in [5.41, 5.74) is 2.67. The molecule has 0 aromatic heterocycles. The molecule has 218 valence electrons. The van der Waals surface area contributed by atoms with Gasteiger partial charge in [0.25, 0.3) is 0 Å². The van der Waals surface area contributed by atoms with Crippen molar-refractivity contribution in [2.45, 2.75) is 110 Å². The topological polar surface area (TPSA) is 35.5 Å². The second kappa shape index (κ2) is 20.6. The van der Waals surface area contributed by atoms with Crippen molar-refractivity contribution in [3.8, 4) is 5.75 Å². The molecule has 4 nitrogen and oxygen atoms in total. The normalized spacial score (nSPS) is 11.5. The first-order valence-corrected chi connectivity index (χ1v) is 15.7. The van der Waals surface area contributed by atoms with E-state index < -0.39 is 0 Å². The number of para-hydroxylation sites is 1. The Labute approximate surface area is 239 Å². The van der Waals surface area contributed by atoms with E-state index in [1.54, 1.807) is 0 Å². The number of hydrogen-bond donors (Lipinski definition) is 0. The molecule has 0 bridgehead atoms. The SMILES string of the molecule is CCCCCCCCCCCc1ccccc1OCCCCOC(=O)CCCC[N+](C)(C)Cc1ccccc1. The van der Waals surface area contributed by atoms with Gasteiger partial charge in [0.15, 0.2) is 0 Å². The average Bonchev–Trinajstić information content (AvgIpc) is 2.93. The van der Waals surface area contributed by atoms with Gasteiger partial charge in [0, 0.05) is 12.0 Å². The molecule has 0 spiro atoms. The van der Waals surface area contributed by atoms with E-state index in [0.717, 1.165) is 55.4 Å². The molecule has 0 fully saturated rings. The first kappa shape index (κ1) is 32.9. The monoisotopic (exact) mass is 538 g/mol. The number of carbonyl (C=O) groups excluding carboxylic acids is 1. The van der Waals surface area contributed by atoms with Crippen LogP contribution in [0.4, 0.5) is 0 Å². The fourth-order valence-corrected chi connectivity index (χ4v) is 5.09. The van der Waals surface area contributed by atoms with E-state index >= 15 is 0 Å². The third kappa shape index (κ3) is 16.4. The van der Waals surface area contributed by atoms with Gasteiger partial charge in [-0.1, -0.05) is 107 Å². The molecule has 0 aliphatic carbocycles. The van der Waals surface area contributed by atoms with Crippen LogP contribution in [0.3, 0.4) is 0 Å². The number of ether oxygens (including phenoxy) is 2. The van der Waals surface area contributed by atoms with Gasteiger partial charge in [0.1, 0.15) is 12.3 Å². The Morgan fingerprint density at radius 1 is 0.692 bits per heavy atom. The summed E-state index contributed by atoms with van der Waals surface area (Å²) in [6.45, 7) is 5.49. The van der Waals surface area contributed by atoms with Crippen molar-refractivity contribution in [2.24, 2.45) is 0 Å². The summed E-state index contributed by atoms with van der Waals surface area (Å²) in [7, 11) is 4.51. The van der Waals surface area contributed by atoms with Crippen LogP contribution in [0, 0.1) is 0 Å². The summed E-state index contributed by atoms with van der Waals surface area (Å²) in [5, 5.41) is 0. The standard InChI is InChI=1S/C35H56NO3/c1-4-5-6-7-8-9-10-11-15-24-33-25-16-17-26-34(33)38-29-20-21-30-39-35(37)27-18-19-28-36(2,3)31-32-22-13-12-14-23-32/h12-14,16-17,22-23,25-26H,4-11,15,18-21,24,27-31H2,1-3H3/q+1. The molecule has 0 radical (unpaired) electrons. The molecule has 4 heteroatoms. The van der Waals surface area contributed by atoms with Crippen molar-refractivity contribution in [1.82, 2.24) is 0 Å². The average molecular weight is 539 g/mol. The van der Waals surface area contributed by atoms with Crippen LogP contribution in [-0.2, 0) is 22.5 Å². The van der Waals surface area contributed by atoms with Gasteiger partial charge in [0.05, 0.1) is 33.9 Å². The Morgan fingerprint density at radius 2 is 1.33 bits per heavy atom. The van der Waals surface area contributed by atoms with E-state index in [0.29, 0.717) is 19.6 Å². The molecule has 0 saturated carbocycles. The van der Waals surface area contributed by atoms with Crippen LogP contribution in [0.5, 0.6) is 5.75 Å². The Kier molecular flexibility index (Phi) is 17.3. The fraction of sp³-hybridized carbons (Fsp3) is 0.629. The summed E-state index contributed by atoms with van der Waals surface area (Å²) in [6.07, 6.45) is 17.4. The van der Waals surface area contributed by atoms with Gasteiger partial charge in [-0.2, -0.15) is 0 Å². The number of rotatable bonds is 23. The number of unbranched alkanes of at least 4 members (excludes halogenated alkanes) is 10. The van der Waals surface area contributed by atoms with E-state index in [2.05, 4.69) is 75.6 Å². The Bertz CT molecular complexity index is 880. The van der Waals surface area contributed by atoms with Crippen LogP contribution in [0.25, 0.3) is 0 Å². The molecule has 39 heavy (non-hydrogen) atoms. The number of nitrogens with zero attached hydrogens (tertiary/aromatic N) is 1. The minimum Gasteiger partial charge on any atom is -0.493 e. The zero-order valence-corrected chi connectivity index (χ0v) is 25.3. The van der Waals surface area contributed by atoms with E-state index in [1.807, 2.05) is 0 Å². The first-order chi connectivity index (χ1) is 19.0. The van der Waals surface area contributed by atoms with Crippen molar-refractivity contribution in [3.05, 3.63) is 65.7 Å². The van der Waals surface area contributed by atoms with Crippen LogP contribution in [0.2, 0.25) is 0 Å². The van der Waals surface area contributed by atoms with Gasteiger partial charge in [-0.05, 0) is 50.2 Å². The van der Waals surface area contributed by atoms with Crippen LogP contribution in [0.1, 0.15) is 108 Å². The van der Waals surface area contributed by atoms with Crippen molar-refractivity contribution in [2.75, 3.05) is 33.9 Å². The third-order valence-electron chi connectivity index (χ3n) is 7.43. The number of aryl methyl sites for hydroxylation is 1. The molecule has 2 aromatic carbocycles. The van der Waals surface area contributed by atoms with Crippen LogP contribution in [0.15, 0.2) is 54.6 Å². The Morgan fingerprint density at radius 3 is 2.08 bits per heavy atom. The van der Waals surface area contributed by atoms with E-state index in [9.17, 15) is 4.79 Å². The quantitative estimate of drug-likeness (QED) is 0.0805. The Hall–Kier alpha value is -2.33. The molecular weight excluding hydrogens is 482 g/mol. The predicted octanol–water partition coefficient (Wildman–Crippen LogP) is 8.91. The molecule has 0 aliphatic rings. The highest BCUT2D eigenvalue weighted by Gasteiger charge is 2.15. The van der Waals surface area contributed by atoms with Gasteiger partial charge in [-0.25, -0.2) is 0 Å². The summed E-state index contributed by atoms with van der Waals surface area (Å²) < 4.78 is 12.5. The number of quaternary nitrogens is 1. The molecule has 2 aromatic rings. The summed E-state index contributed by atoms with van der Waals surface area (Å²) in [5.74, 6) is 0.943. The molecular formula is C35H56NO3+. The lowest BCUT2D eigenvalue weighted by molar-refractivity contribution is -0.903. The summed E-state index contributed by atoms with van der Waals surface area (Å²) in [4.78, 5) is 12.1. The maximum atomic E-state index is 12.1. The lowest BCUT2D eigenvalue weighted by atomic mass is 10.0. The van der Waals surface area contributed by atoms with Crippen molar-refractivity contribution >= 4 is 5.97 Å². The Balaban J connectivity index is 1.48. The van der Waals surface area contributed by atoms with Gasteiger partial charge in [-0.3, -0.25) is 4.79 Å².